The van der Waals surface area contributed by atoms with Gasteiger partial charge in [0.25, 0.3) is 5.91 Å². The monoisotopic (exact) mass is 415 g/mol. The first-order chi connectivity index (χ1) is 14.5. The van der Waals surface area contributed by atoms with E-state index in [0.29, 0.717) is 13.0 Å². The number of aryl methyl sites for hydroxylation is 2. The number of hydrogen-bond donors (Lipinski definition) is 1. The molecular formula is C22H23F2N3O3. The van der Waals surface area contributed by atoms with Crippen LogP contribution in [0, 0.1) is 6.92 Å². The van der Waals surface area contributed by atoms with E-state index < -0.39 is 6.61 Å². The van der Waals surface area contributed by atoms with Crippen LogP contribution in [0.5, 0.6) is 11.5 Å². The minimum Gasteiger partial charge on any atom is -0.493 e. The molecule has 0 saturated heterocycles. The Hall–Kier alpha value is -3.42. The van der Waals surface area contributed by atoms with Crippen LogP contribution >= 0.6 is 0 Å². The standard InChI is InChI=1S/C22H23F2N3O3/c1-15-17(14-27(26-15)18-8-4-3-5-9-18)7-6-12-25-21(28)16-10-11-19(29-2)20(13-16)30-22(23)24/h3-5,8-11,13-14,22H,6-7,12H2,1-2H3,(H,25,28). The number of ether oxygens (including phenoxy) is 2. The SMILES string of the molecule is COc1ccc(C(=O)NCCCc2cn(-c3ccccc3)nc2C)cc1OC(F)F. The summed E-state index contributed by atoms with van der Waals surface area (Å²) < 4.78 is 36.3. The van der Waals surface area contributed by atoms with Crippen molar-refractivity contribution in [3.63, 3.8) is 0 Å². The third kappa shape index (κ3) is 5.34. The van der Waals surface area contributed by atoms with Gasteiger partial charge in [-0.1, -0.05) is 18.2 Å². The lowest BCUT2D eigenvalue weighted by molar-refractivity contribution is -0.0512. The lowest BCUT2D eigenvalue weighted by Crippen LogP contribution is -2.24. The fraction of sp³-hybridized carbons (Fsp3) is 0.273. The number of halogens is 2. The number of benzene rings is 2. The number of methoxy groups -OCH3 is 1. The Kier molecular flexibility index (Phi) is 7.00. The molecule has 0 bridgehead atoms. The number of amides is 1. The molecule has 1 N–H and O–H groups in total. The molecule has 0 spiro atoms. The molecule has 0 atom stereocenters. The van der Waals surface area contributed by atoms with Crippen molar-refractivity contribution in [1.82, 2.24) is 15.1 Å². The fourth-order valence-electron chi connectivity index (χ4n) is 3.04. The summed E-state index contributed by atoms with van der Waals surface area (Å²) in [6.07, 6.45) is 3.45. The summed E-state index contributed by atoms with van der Waals surface area (Å²) in [4.78, 5) is 12.3. The van der Waals surface area contributed by atoms with E-state index in [1.54, 1.807) is 0 Å². The van der Waals surface area contributed by atoms with Crippen LogP contribution in [0.1, 0.15) is 28.0 Å². The van der Waals surface area contributed by atoms with Gasteiger partial charge in [0.2, 0.25) is 0 Å². The molecule has 1 aromatic heterocycles. The molecular weight excluding hydrogens is 392 g/mol. The smallest absolute Gasteiger partial charge is 0.387 e. The van der Waals surface area contributed by atoms with E-state index >= 15 is 0 Å². The van der Waals surface area contributed by atoms with Gasteiger partial charge in [-0.05, 0) is 55.7 Å². The van der Waals surface area contributed by atoms with Crippen molar-refractivity contribution in [2.24, 2.45) is 0 Å². The van der Waals surface area contributed by atoms with E-state index in [1.165, 1.54) is 25.3 Å². The molecule has 1 amide bonds. The highest BCUT2D eigenvalue weighted by Crippen LogP contribution is 2.29. The molecule has 8 heteroatoms. The van der Waals surface area contributed by atoms with Crippen LogP contribution in [0.4, 0.5) is 8.78 Å². The van der Waals surface area contributed by atoms with E-state index in [0.717, 1.165) is 23.4 Å². The molecule has 0 unspecified atom stereocenters. The van der Waals surface area contributed by atoms with Gasteiger partial charge in [-0.3, -0.25) is 4.79 Å². The van der Waals surface area contributed by atoms with E-state index in [4.69, 9.17) is 4.74 Å². The maximum absolute atomic E-state index is 12.5. The molecule has 2 aromatic carbocycles. The normalized spacial score (nSPS) is 10.8. The Morgan fingerprint density at radius 1 is 1.17 bits per heavy atom. The van der Waals surface area contributed by atoms with Gasteiger partial charge in [-0.2, -0.15) is 13.9 Å². The molecule has 30 heavy (non-hydrogen) atoms. The van der Waals surface area contributed by atoms with E-state index in [9.17, 15) is 13.6 Å². The van der Waals surface area contributed by atoms with Crippen LogP contribution in [0.3, 0.4) is 0 Å². The first-order valence-electron chi connectivity index (χ1n) is 9.49. The van der Waals surface area contributed by atoms with Crippen LogP contribution in [0.2, 0.25) is 0 Å². The number of rotatable bonds is 9. The average molecular weight is 415 g/mol. The summed E-state index contributed by atoms with van der Waals surface area (Å²) in [6.45, 7) is -0.613. The maximum atomic E-state index is 12.5. The van der Waals surface area contributed by atoms with E-state index in [1.807, 2.05) is 48.1 Å². The number of nitrogens with one attached hydrogen (secondary N) is 1. The number of carbonyl (C=O) groups excluding carboxylic acids is 1. The van der Waals surface area contributed by atoms with Crippen molar-refractivity contribution < 1.29 is 23.0 Å². The molecule has 0 fully saturated rings. The van der Waals surface area contributed by atoms with Gasteiger partial charge < -0.3 is 14.8 Å². The third-order valence-corrected chi connectivity index (χ3v) is 4.57. The highest BCUT2D eigenvalue weighted by molar-refractivity contribution is 5.94. The summed E-state index contributed by atoms with van der Waals surface area (Å²) >= 11 is 0. The molecule has 3 rings (SSSR count). The Morgan fingerprint density at radius 3 is 2.63 bits per heavy atom. The van der Waals surface area contributed by atoms with Gasteiger partial charge in [0.05, 0.1) is 18.5 Å². The zero-order chi connectivity index (χ0) is 21.5. The Morgan fingerprint density at radius 2 is 1.93 bits per heavy atom. The molecule has 6 nitrogen and oxygen atoms in total. The van der Waals surface area contributed by atoms with Gasteiger partial charge in [-0.25, -0.2) is 4.68 Å². The van der Waals surface area contributed by atoms with Gasteiger partial charge in [0.1, 0.15) is 0 Å². The Balaban J connectivity index is 1.55. The lowest BCUT2D eigenvalue weighted by atomic mass is 10.1. The van der Waals surface area contributed by atoms with Crippen LogP contribution in [-0.2, 0) is 6.42 Å². The molecule has 0 radical (unpaired) electrons. The lowest BCUT2D eigenvalue weighted by Gasteiger charge is -2.11. The summed E-state index contributed by atoms with van der Waals surface area (Å²) in [5, 5.41) is 7.33. The summed E-state index contributed by atoms with van der Waals surface area (Å²) in [7, 11) is 1.34. The molecule has 0 aliphatic rings. The zero-order valence-corrected chi connectivity index (χ0v) is 16.8. The second-order valence-electron chi connectivity index (χ2n) is 6.62. The quantitative estimate of drug-likeness (QED) is 0.533. The molecule has 0 aliphatic heterocycles. The number of para-hydroxylation sites is 1. The largest absolute Gasteiger partial charge is 0.493 e. The van der Waals surface area contributed by atoms with Crippen molar-refractivity contribution in [3.8, 4) is 17.2 Å². The van der Waals surface area contributed by atoms with Crippen LogP contribution in [0.15, 0.2) is 54.7 Å². The molecule has 1 heterocycles. The highest BCUT2D eigenvalue weighted by atomic mass is 19.3. The van der Waals surface area contributed by atoms with E-state index in [-0.39, 0.29) is 23.0 Å². The highest BCUT2D eigenvalue weighted by Gasteiger charge is 2.14. The first-order valence-corrected chi connectivity index (χ1v) is 9.49. The fourth-order valence-corrected chi connectivity index (χ4v) is 3.04. The maximum Gasteiger partial charge on any atom is 0.387 e. The molecule has 158 valence electrons. The zero-order valence-electron chi connectivity index (χ0n) is 16.8. The Bertz CT molecular complexity index is 991. The van der Waals surface area contributed by atoms with Gasteiger partial charge in [-0.15, -0.1) is 0 Å². The third-order valence-electron chi connectivity index (χ3n) is 4.57. The van der Waals surface area contributed by atoms with Crippen molar-refractivity contribution >= 4 is 5.91 Å². The minimum absolute atomic E-state index is 0.137. The van der Waals surface area contributed by atoms with Gasteiger partial charge >= 0.3 is 6.61 Å². The average Bonchev–Trinajstić information content (AvgIpc) is 3.11. The van der Waals surface area contributed by atoms with Crippen molar-refractivity contribution in [2.75, 3.05) is 13.7 Å². The second-order valence-corrected chi connectivity index (χ2v) is 6.62. The number of alkyl halides is 2. The number of carbonyl (C=O) groups is 1. The summed E-state index contributed by atoms with van der Waals surface area (Å²) in [5.74, 6) is -0.407. The molecule has 3 aromatic rings. The van der Waals surface area contributed by atoms with Gasteiger partial charge in [0, 0.05) is 18.3 Å². The summed E-state index contributed by atoms with van der Waals surface area (Å²) in [5.41, 5.74) is 3.25. The molecule has 0 aliphatic carbocycles. The predicted molar refractivity (Wildman–Crippen MR) is 109 cm³/mol. The van der Waals surface area contributed by atoms with E-state index in [2.05, 4.69) is 15.2 Å². The predicted octanol–water partition coefficient (Wildman–Crippen LogP) is 4.15. The summed E-state index contributed by atoms with van der Waals surface area (Å²) in [6, 6.07) is 14.0. The number of nitrogens with zero attached hydrogens (tertiary/aromatic N) is 2. The second kappa shape index (κ2) is 9.87. The topological polar surface area (TPSA) is 65.4 Å². The number of hydrogen-bond acceptors (Lipinski definition) is 4. The van der Waals surface area contributed by atoms with Crippen LogP contribution in [-0.4, -0.2) is 36.0 Å². The van der Waals surface area contributed by atoms with Crippen molar-refractivity contribution in [1.29, 1.82) is 0 Å². The first kappa shape index (κ1) is 21.3. The number of aromatic nitrogens is 2. The van der Waals surface area contributed by atoms with Crippen molar-refractivity contribution in [3.05, 3.63) is 71.5 Å². The minimum atomic E-state index is -3.00. The van der Waals surface area contributed by atoms with Crippen molar-refractivity contribution in [2.45, 2.75) is 26.4 Å². The Labute approximate surface area is 173 Å². The van der Waals surface area contributed by atoms with Crippen LogP contribution < -0.4 is 14.8 Å². The van der Waals surface area contributed by atoms with Gasteiger partial charge in [0.15, 0.2) is 11.5 Å². The van der Waals surface area contributed by atoms with Crippen LogP contribution in [0.25, 0.3) is 5.69 Å². The molecule has 0 saturated carbocycles.